The molecule has 4 heteroatoms. The summed E-state index contributed by atoms with van der Waals surface area (Å²) in [5.74, 6) is 0.258. The van der Waals surface area contributed by atoms with E-state index in [0.717, 1.165) is 0 Å². The molecule has 0 bridgehead atoms. The monoisotopic (exact) mass is 210 g/mol. The van der Waals surface area contributed by atoms with Crippen molar-refractivity contribution in [3.63, 3.8) is 0 Å². The lowest BCUT2D eigenvalue weighted by molar-refractivity contribution is 0.289. The Bertz CT molecular complexity index is 404. The van der Waals surface area contributed by atoms with E-state index < -0.39 is 5.63 Å². The van der Waals surface area contributed by atoms with Gasteiger partial charge >= 0.3 is 5.63 Å². The highest BCUT2D eigenvalue weighted by molar-refractivity contribution is 5.46. The van der Waals surface area contributed by atoms with Crippen molar-refractivity contribution < 1.29 is 14.6 Å². The van der Waals surface area contributed by atoms with E-state index in [1.54, 1.807) is 12.2 Å². The molecule has 0 unspecified atom stereocenters. The molecule has 1 rings (SSSR count). The topological polar surface area (TPSA) is 70.7 Å². The third-order valence-electron chi connectivity index (χ3n) is 1.99. The first kappa shape index (κ1) is 11.5. The standard InChI is InChI=1S/C11H14O4/c1-8-10(13)7-9(15-11(8)14)5-3-2-4-6-12/h3,5,7,12-13H,2,4,6H2,1H3. The Balaban J connectivity index is 2.79. The summed E-state index contributed by atoms with van der Waals surface area (Å²) in [4.78, 5) is 11.1. The van der Waals surface area contributed by atoms with E-state index in [4.69, 9.17) is 9.52 Å². The van der Waals surface area contributed by atoms with Gasteiger partial charge in [-0.05, 0) is 25.8 Å². The lowest BCUT2D eigenvalue weighted by Crippen LogP contribution is -2.03. The van der Waals surface area contributed by atoms with E-state index in [0.29, 0.717) is 18.6 Å². The van der Waals surface area contributed by atoms with E-state index in [1.807, 2.05) is 0 Å². The first-order chi connectivity index (χ1) is 7.15. The Morgan fingerprint density at radius 1 is 1.53 bits per heavy atom. The zero-order valence-electron chi connectivity index (χ0n) is 8.56. The minimum absolute atomic E-state index is 0.0620. The molecule has 0 amide bonds. The van der Waals surface area contributed by atoms with Crippen LogP contribution in [-0.4, -0.2) is 16.8 Å². The van der Waals surface area contributed by atoms with Gasteiger partial charge in [0.25, 0.3) is 0 Å². The fraction of sp³-hybridized carbons (Fsp3) is 0.364. The summed E-state index contributed by atoms with van der Waals surface area (Å²) in [5.41, 5.74) is -0.320. The summed E-state index contributed by atoms with van der Waals surface area (Å²) in [6.45, 7) is 1.63. The molecule has 0 saturated carbocycles. The van der Waals surface area contributed by atoms with Crippen molar-refractivity contribution >= 4 is 6.08 Å². The number of aliphatic hydroxyl groups excluding tert-OH is 1. The van der Waals surface area contributed by atoms with Crippen molar-refractivity contribution in [3.8, 4) is 5.75 Å². The van der Waals surface area contributed by atoms with Crippen molar-refractivity contribution in [1.82, 2.24) is 0 Å². The van der Waals surface area contributed by atoms with Gasteiger partial charge in [0, 0.05) is 12.7 Å². The van der Waals surface area contributed by atoms with Gasteiger partial charge in [-0.25, -0.2) is 4.79 Å². The van der Waals surface area contributed by atoms with E-state index in [1.165, 1.54) is 13.0 Å². The molecule has 0 aromatic carbocycles. The highest BCUT2D eigenvalue weighted by Crippen LogP contribution is 2.14. The Hall–Kier alpha value is -1.55. The summed E-state index contributed by atoms with van der Waals surface area (Å²) in [5, 5.41) is 17.9. The quantitative estimate of drug-likeness (QED) is 0.738. The van der Waals surface area contributed by atoms with Crippen LogP contribution in [0.3, 0.4) is 0 Å². The van der Waals surface area contributed by atoms with Crippen molar-refractivity contribution in [2.45, 2.75) is 19.8 Å². The summed E-state index contributed by atoms with van der Waals surface area (Å²) >= 11 is 0. The maximum absolute atomic E-state index is 11.1. The number of allylic oxidation sites excluding steroid dienone is 1. The lowest BCUT2D eigenvalue weighted by atomic mass is 10.2. The van der Waals surface area contributed by atoms with Gasteiger partial charge in [-0.2, -0.15) is 0 Å². The molecule has 0 aliphatic heterocycles. The lowest BCUT2D eigenvalue weighted by Gasteiger charge is -1.97. The molecule has 0 aliphatic rings. The number of hydrogen-bond acceptors (Lipinski definition) is 4. The Morgan fingerprint density at radius 2 is 2.27 bits per heavy atom. The maximum atomic E-state index is 11.1. The van der Waals surface area contributed by atoms with Crippen LogP contribution in [0, 0.1) is 6.92 Å². The Kier molecular flexibility index (Phi) is 4.12. The first-order valence-corrected chi connectivity index (χ1v) is 4.76. The highest BCUT2D eigenvalue weighted by atomic mass is 16.4. The minimum Gasteiger partial charge on any atom is -0.507 e. The predicted octanol–water partition coefficient (Wildman–Crippen LogP) is 1.44. The fourth-order valence-corrected chi connectivity index (χ4v) is 1.05. The molecule has 0 saturated heterocycles. The Morgan fingerprint density at radius 3 is 2.87 bits per heavy atom. The fourth-order valence-electron chi connectivity index (χ4n) is 1.05. The van der Waals surface area contributed by atoms with Gasteiger partial charge in [0.05, 0.1) is 5.56 Å². The molecule has 15 heavy (non-hydrogen) atoms. The third-order valence-corrected chi connectivity index (χ3v) is 1.99. The van der Waals surface area contributed by atoms with Crippen LogP contribution in [0.5, 0.6) is 5.75 Å². The molecular formula is C11H14O4. The van der Waals surface area contributed by atoms with Crippen molar-refractivity contribution in [2.75, 3.05) is 6.61 Å². The van der Waals surface area contributed by atoms with Crippen LogP contribution in [-0.2, 0) is 0 Å². The summed E-state index contributed by atoms with van der Waals surface area (Å²) < 4.78 is 4.90. The molecule has 2 N–H and O–H groups in total. The Labute approximate surface area is 87.5 Å². The molecular weight excluding hydrogens is 196 g/mol. The van der Waals surface area contributed by atoms with Gasteiger partial charge < -0.3 is 14.6 Å². The minimum atomic E-state index is -0.531. The molecule has 0 aliphatic carbocycles. The average Bonchev–Trinajstić information content (AvgIpc) is 2.21. The summed E-state index contributed by atoms with van der Waals surface area (Å²) in [6, 6.07) is 1.40. The second-order valence-electron chi connectivity index (χ2n) is 3.21. The molecule has 0 radical (unpaired) electrons. The van der Waals surface area contributed by atoms with Gasteiger partial charge in [-0.3, -0.25) is 0 Å². The molecule has 0 spiro atoms. The van der Waals surface area contributed by atoms with Gasteiger partial charge in [0.2, 0.25) is 0 Å². The van der Waals surface area contributed by atoms with E-state index in [9.17, 15) is 9.90 Å². The van der Waals surface area contributed by atoms with Gasteiger partial charge in [0.1, 0.15) is 11.5 Å². The van der Waals surface area contributed by atoms with Gasteiger partial charge in [-0.15, -0.1) is 0 Å². The van der Waals surface area contributed by atoms with Crippen molar-refractivity contribution in [2.24, 2.45) is 0 Å². The number of rotatable bonds is 4. The smallest absolute Gasteiger partial charge is 0.342 e. The second-order valence-corrected chi connectivity index (χ2v) is 3.21. The predicted molar refractivity (Wildman–Crippen MR) is 56.7 cm³/mol. The largest absolute Gasteiger partial charge is 0.507 e. The number of hydrogen-bond donors (Lipinski definition) is 2. The summed E-state index contributed by atoms with van der Waals surface area (Å²) in [7, 11) is 0. The van der Waals surface area contributed by atoms with Crippen LogP contribution in [0.25, 0.3) is 6.08 Å². The molecule has 1 heterocycles. The average molecular weight is 210 g/mol. The number of unbranched alkanes of at least 4 members (excludes halogenated alkanes) is 1. The molecule has 1 aromatic heterocycles. The molecule has 1 aromatic rings. The van der Waals surface area contributed by atoms with Gasteiger partial charge in [-0.1, -0.05) is 6.08 Å². The van der Waals surface area contributed by atoms with Crippen LogP contribution in [0.15, 0.2) is 21.4 Å². The third kappa shape index (κ3) is 3.25. The van der Waals surface area contributed by atoms with Crippen LogP contribution >= 0.6 is 0 Å². The molecule has 82 valence electrons. The number of aliphatic hydroxyl groups is 1. The zero-order chi connectivity index (χ0) is 11.3. The summed E-state index contributed by atoms with van der Waals surface area (Å²) in [6.07, 6.45) is 4.76. The second kappa shape index (κ2) is 5.36. The van der Waals surface area contributed by atoms with E-state index >= 15 is 0 Å². The van der Waals surface area contributed by atoms with Crippen LogP contribution in [0.2, 0.25) is 0 Å². The van der Waals surface area contributed by atoms with E-state index in [2.05, 4.69) is 0 Å². The van der Waals surface area contributed by atoms with E-state index in [-0.39, 0.29) is 17.9 Å². The molecule has 0 atom stereocenters. The van der Waals surface area contributed by atoms with Gasteiger partial charge in [0.15, 0.2) is 0 Å². The van der Waals surface area contributed by atoms with Crippen molar-refractivity contribution in [3.05, 3.63) is 33.9 Å². The van der Waals surface area contributed by atoms with Crippen LogP contribution in [0.1, 0.15) is 24.2 Å². The molecule has 0 fully saturated rings. The van der Waals surface area contributed by atoms with Crippen LogP contribution in [0.4, 0.5) is 0 Å². The first-order valence-electron chi connectivity index (χ1n) is 4.76. The van der Waals surface area contributed by atoms with Crippen molar-refractivity contribution in [1.29, 1.82) is 0 Å². The SMILES string of the molecule is Cc1c(O)cc(C=CCCCO)oc1=O. The maximum Gasteiger partial charge on any atom is 0.342 e. The van der Waals surface area contributed by atoms with Crippen LogP contribution < -0.4 is 5.63 Å². The molecule has 4 nitrogen and oxygen atoms in total. The highest BCUT2D eigenvalue weighted by Gasteiger charge is 2.03. The normalized spacial score (nSPS) is 11.1. The zero-order valence-corrected chi connectivity index (χ0v) is 8.56. The number of aromatic hydroxyl groups is 1.